The smallest absolute Gasteiger partial charge is 0.195 e. The molecule has 0 saturated carbocycles. The van der Waals surface area contributed by atoms with Crippen LogP contribution in [0.3, 0.4) is 0 Å². The lowest BCUT2D eigenvalue weighted by molar-refractivity contribution is 0.150. The van der Waals surface area contributed by atoms with Crippen molar-refractivity contribution in [2.24, 2.45) is 5.92 Å². The van der Waals surface area contributed by atoms with Gasteiger partial charge >= 0.3 is 0 Å². The maximum absolute atomic E-state index is 9.24. The molecule has 5 nitrogen and oxygen atoms in total. The summed E-state index contributed by atoms with van der Waals surface area (Å²) in [4.78, 5) is 2.32. The Morgan fingerprint density at radius 2 is 2.38 bits per heavy atom. The summed E-state index contributed by atoms with van der Waals surface area (Å²) in [6, 6.07) is 0.351. The van der Waals surface area contributed by atoms with Crippen LogP contribution in [0.25, 0.3) is 0 Å². The molecular weight excluding hydrogens is 224 g/mol. The average Bonchev–Trinajstić information content (AvgIpc) is 2.60. The highest BCUT2D eigenvalue weighted by Gasteiger charge is 2.27. The molecule has 0 bridgehead atoms. The largest absolute Gasteiger partial charge is 0.388 e. The lowest BCUT2D eigenvalue weighted by Crippen LogP contribution is -2.38. The molecule has 0 aliphatic carbocycles. The molecule has 1 saturated heterocycles. The number of hydrogen-bond donors (Lipinski definition) is 2. The summed E-state index contributed by atoms with van der Waals surface area (Å²) >= 11 is 5.22. The number of hydrogen-bond acceptors (Lipinski definition) is 4. The summed E-state index contributed by atoms with van der Waals surface area (Å²) in [5.41, 5.74) is 0. The SMILES string of the molecule is CC1CN(C)CCC1n1c(CO)n[nH]c1=S. The Kier molecular flexibility index (Phi) is 3.41. The maximum atomic E-state index is 9.24. The van der Waals surface area contributed by atoms with Crippen LogP contribution in [0, 0.1) is 10.7 Å². The number of piperidine rings is 1. The second-order valence-electron chi connectivity index (χ2n) is 4.57. The van der Waals surface area contributed by atoms with Gasteiger partial charge in [0.05, 0.1) is 0 Å². The molecule has 16 heavy (non-hydrogen) atoms. The molecule has 1 aliphatic rings. The number of nitrogens with zero attached hydrogens (tertiary/aromatic N) is 3. The molecule has 1 fully saturated rings. The summed E-state index contributed by atoms with van der Waals surface area (Å²) < 4.78 is 2.60. The number of rotatable bonds is 2. The van der Waals surface area contributed by atoms with Crippen LogP contribution < -0.4 is 0 Å². The first-order valence-electron chi connectivity index (χ1n) is 5.58. The van der Waals surface area contributed by atoms with Crippen molar-refractivity contribution in [3.05, 3.63) is 10.6 Å². The maximum Gasteiger partial charge on any atom is 0.195 e. The third-order valence-electron chi connectivity index (χ3n) is 3.31. The molecule has 2 heterocycles. The highest BCUT2D eigenvalue weighted by Crippen LogP contribution is 2.28. The first-order valence-corrected chi connectivity index (χ1v) is 5.99. The fourth-order valence-corrected chi connectivity index (χ4v) is 2.80. The molecular formula is C10H18N4OS. The molecule has 0 amide bonds. The molecule has 90 valence electrons. The van der Waals surface area contributed by atoms with E-state index in [1.165, 1.54) is 0 Å². The molecule has 0 aromatic carbocycles. The minimum atomic E-state index is -0.0633. The number of likely N-dealkylation sites (tertiary alicyclic amines) is 1. The van der Waals surface area contributed by atoms with E-state index in [0.29, 0.717) is 22.6 Å². The van der Waals surface area contributed by atoms with E-state index in [2.05, 4.69) is 29.1 Å². The molecule has 2 atom stereocenters. The van der Waals surface area contributed by atoms with Gasteiger partial charge in [0.25, 0.3) is 0 Å². The van der Waals surface area contributed by atoms with Crippen molar-refractivity contribution in [2.75, 3.05) is 20.1 Å². The topological polar surface area (TPSA) is 57.1 Å². The van der Waals surface area contributed by atoms with Crippen molar-refractivity contribution in [3.8, 4) is 0 Å². The van der Waals surface area contributed by atoms with Crippen LogP contribution in [-0.4, -0.2) is 44.9 Å². The standard InChI is InChI=1S/C10H18N4OS/c1-7-5-13(2)4-3-8(7)14-9(6-15)11-12-10(14)16/h7-8,15H,3-6H2,1-2H3,(H,12,16). The van der Waals surface area contributed by atoms with E-state index in [1.54, 1.807) is 0 Å². The van der Waals surface area contributed by atoms with Crippen LogP contribution in [0.2, 0.25) is 0 Å². The fourth-order valence-electron chi connectivity index (χ4n) is 2.52. The van der Waals surface area contributed by atoms with Crippen LogP contribution >= 0.6 is 12.2 Å². The van der Waals surface area contributed by atoms with E-state index in [9.17, 15) is 5.11 Å². The Bertz CT molecular complexity index is 413. The minimum absolute atomic E-state index is 0.0633. The number of H-pyrrole nitrogens is 1. The van der Waals surface area contributed by atoms with Crippen LogP contribution in [0.1, 0.15) is 25.2 Å². The summed E-state index contributed by atoms with van der Waals surface area (Å²) in [6.07, 6.45) is 1.05. The molecule has 0 spiro atoms. The molecule has 6 heteroatoms. The molecule has 0 radical (unpaired) electrons. The molecule has 2 rings (SSSR count). The first kappa shape index (κ1) is 11.8. The van der Waals surface area contributed by atoms with E-state index in [4.69, 9.17) is 12.2 Å². The molecule has 1 aromatic rings. The predicted octanol–water partition coefficient (Wildman–Crippen LogP) is 0.946. The van der Waals surface area contributed by atoms with Gasteiger partial charge in [-0.15, -0.1) is 0 Å². The van der Waals surface area contributed by atoms with Crippen LogP contribution in [0.4, 0.5) is 0 Å². The summed E-state index contributed by atoms with van der Waals surface area (Å²) in [6.45, 7) is 4.28. The number of nitrogens with one attached hydrogen (secondary N) is 1. The van der Waals surface area contributed by atoms with Gasteiger partial charge in [-0.3, -0.25) is 9.67 Å². The van der Waals surface area contributed by atoms with Crippen molar-refractivity contribution in [3.63, 3.8) is 0 Å². The third-order valence-corrected chi connectivity index (χ3v) is 3.60. The van der Waals surface area contributed by atoms with Crippen molar-refractivity contribution < 1.29 is 5.11 Å². The van der Waals surface area contributed by atoms with Crippen molar-refractivity contribution in [1.29, 1.82) is 0 Å². The van der Waals surface area contributed by atoms with E-state index >= 15 is 0 Å². The van der Waals surface area contributed by atoms with Gasteiger partial charge in [-0.25, -0.2) is 0 Å². The quantitative estimate of drug-likeness (QED) is 0.758. The van der Waals surface area contributed by atoms with E-state index < -0.39 is 0 Å². The van der Waals surface area contributed by atoms with Gasteiger partial charge in [0.15, 0.2) is 10.6 Å². The number of aromatic amines is 1. The zero-order valence-corrected chi connectivity index (χ0v) is 10.5. The van der Waals surface area contributed by atoms with Crippen molar-refractivity contribution in [2.45, 2.75) is 26.0 Å². The Labute approximate surface area is 100 Å². The summed E-state index contributed by atoms with van der Waals surface area (Å²) in [7, 11) is 2.13. The average molecular weight is 242 g/mol. The lowest BCUT2D eigenvalue weighted by Gasteiger charge is -2.35. The summed E-state index contributed by atoms with van der Waals surface area (Å²) in [5, 5.41) is 16.0. The van der Waals surface area contributed by atoms with E-state index in [1.807, 2.05) is 4.57 Å². The first-order chi connectivity index (χ1) is 7.63. The number of aliphatic hydroxyl groups is 1. The lowest BCUT2D eigenvalue weighted by atomic mass is 9.94. The predicted molar refractivity (Wildman–Crippen MR) is 63.6 cm³/mol. The van der Waals surface area contributed by atoms with Gasteiger partial charge in [0, 0.05) is 12.6 Å². The number of aliphatic hydroxyl groups excluding tert-OH is 1. The second kappa shape index (κ2) is 4.65. The van der Waals surface area contributed by atoms with Gasteiger partial charge in [0.2, 0.25) is 0 Å². The summed E-state index contributed by atoms with van der Waals surface area (Å²) in [5.74, 6) is 1.17. The Morgan fingerprint density at radius 1 is 1.62 bits per heavy atom. The zero-order chi connectivity index (χ0) is 11.7. The van der Waals surface area contributed by atoms with Crippen LogP contribution in [-0.2, 0) is 6.61 Å². The van der Waals surface area contributed by atoms with Gasteiger partial charge in [-0.2, -0.15) is 5.10 Å². The van der Waals surface area contributed by atoms with Gasteiger partial charge in [0.1, 0.15) is 6.61 Å². The third kappa shape index (κ3) is 2.05. The fraction of sp³-hybridized carbons (Fsp3) is 0.800. The zero-order valence-electron chi connectivity index (χ0n) is 9.68. The normalized spacial score (nSPS) is 27.2. The van der Waals surface area contributed by atoms with E-state index in [-0.39, 0.29) is 6.61 Å². The van der Waals surface area contributed by atoms with Crippen LogP contribution in [0.5, 0.6) is 0 Å². The molecule has 1 aliphatic heterocycles. The van der Waals surface area contributed by atoms with E-state index in [0.717, 1.165) is 19.5 Å². The van der Waals surface area contributed by atoms with Crippen molar-refractivity contribution >= 4 is 12.2 Å². The Morgan fingerprint density at radius 3 is 3.00 bits per heavy atom. The number of aromatic nitrogens is 3. The molecule has 2 N–H and O–H groups in total. The van der Waals surface area contributed by atoms with Gasteiger partial charge in [-0.05, 0) is 38.1 Å². The van der Waals surface area contributed by atoms with Crippen LogP contribution in [0.15, 0.2) is 0 Å². The second-order valence-corrected chi connectivity index (χ2v) is 4.96. The highest BCUT2D eigenvalue weighted by molar-refractivity contribution is 7.71. The highest BCUT2D eigenvalue weighted by atomic mass is 32.1. The Balaban J connectivity index is 2.29. The Hall–Kier alpha value is -0.720. The molecule has 1 aromatic heterocycles. The molecule has 2 unspecified atom stereocenters. The minimum Gasteiger partial charge on any atom is -0.388 e. The monoisotopic (exact) mass is 242 g/mol. The van der Waals surface area contributed by atoms with Crippen molar-refractivity contribution in [1.82, 2.24) is 19.7 Å². The van der Waals surface area contributed by atoms with Gasteiger partial charge in [-0.1, -0.05) is 6.92 Å². The van der Waals surface area contributed by atoms with Gasteiger partial charge < -0.3 is 10.0 Å².